The minimum atomic E-state index is -0.442. The highest BCUT2D eigenvalue weighted by molar-refractivity contribution is 5.93. The third kappa shape index (κ3) is 2.95. The van der Waals surface area contributed by atoms with E-state index < -0.39 is 5.56 Å². The zero-order chi connectivity index (χ0) is 19.8. The predicted octanol–water partition coefficient (Wildman–Crippen LogP) is 1.32. The number of aliphatic hydroxyl groups excluding tert-OH is 1. The molecule has 0 bridgehead atoms. The molecule has 0 aliphatic heterocycles. The van der Waals surface area contributed by atoms with Crippen LogP contribution in [-0.4, -0.2) is 39.8 Å². The van der Waals surface area contributed by atoms with E-state index in [4.69, 9.17) is 9.63 Å². The number of aliphatic hydroxyl groups is 1. The predicted molar refractivity (Wildman–Crippen MR) is 101 cm³/mol. The molecule has 0 unspecified atom stereocenters. The lowest BCUT2D eigenvalue weighted by atomic mass is 10.2. The van der Waals surface area contributed by atoms with Gasteiger partial charge in [0.25, 0.3) is 11.4 Å². The quantitative estimate of drug-likeness (QED) is 0.462. The molecule has 142 valence electrons. The Balaban J connectivity index is 1.74. The zero-order valence-corrected chi connectivity index (χ0v) is 14.7. The number of nitrogens with zero attached hydrogens (tertiary/aromatic N) is 7. The van der Waals surface area contributed by atoms with Crippen molar-refractivity contribution in [1.29, 1.82) is 0 Å². The summed E-state index contributed by atoms with van der Waals surface area (Å²) in [6.45, 7) is -0.363. The van der Waals surface area contributed by atoms with E-state index in [2.05, 4.69) is 35.5 Å². The van der Waals surface area contributed by atoms with Gasteiger partial charge in [0.1, 0.15) is 12.3 Å². The van der Waals surface area contributed by atoms with Crippen molar-refractivity contribution >= 4 is 28.2 Å². The fourth-order valence-corrected chi connectivity index (χ4v) is 2.80. The van der Waals surface area contributed by atoms with E-state index in [1.54, 1.807) is 18.2 Å². The third-order valence-corrected chi connectivity index (χ3v) is 4.11. The van der Waals surface area contributed by atoms with Crippen molar-refractivity contribution in [2.45, 2.75) is 6.61 Å². The fraction of sp³-hybridized carbons (Fsp3) is 0.0556. The molecule has 0 aliphatic carbocycles. The van der Waals surface area contributed by atoms with Crippen LogP contribution in [0.2, 0.25) is 0 Å². The van der Waals surface area contributed by atoms with Gasteiger partial charge in [-0.25, -0.2) is 15.0 Å². The molecule has 2 N–H and O–H groups in total. The van der Waals surface area contributed by atoms with Gasteiger partial charge in [-0.15, -0.1) is 5.10 Å². The van der Waals surface area contributed by atoms with Crippen LogP contribution in [0.5, 0.6) is 0 Å². The van der Waals surface area contributed by atoms with Gasteiger partial charge in [0.2, 0.25) is 11.8 Å². The van der Waals surface area contributed by atoms with Crippen LogP contribution in [0, 0.1) is 0 Å². The monoisotopic (exact) mass is 388 g/mol. The van der Waals surface area contributed by atoms with Gasteiger partial charge in [-0.05, 0) is 24.3 Å². The Labute approximate surface area is 161 Å². The molecule has 11 nitrogen and oxygen atoms in total. The Morgan fingerprint density at radius 1 is 1.07 bits per heavy atom. The highest BCUT2D eigenvalue weighted by Gasteiger charge is 2.19. The number of hydrogen-bond acceptors (Lipinski definition) is 10. The number of fused-ring (bicyclic) bond motifs is 3. The number of benzene rings is 1. The second-order valence-electron chi connectivity index (χ2n) is 5.97. The van der Waals surface area contributed by atoms with Gasteiger partial charge in [0.05, 0.1) is 5.52 Å². The zero-order valence-electron chi connectivity index (χ0n) is 14.7. The van der Waals surface area contributed by atoms with Crippen molar-refractivity contribution in [3.63, 3.8) is 0 Å². The first-order valence-electron chi connectivity index (χ1n) is 8.54. The average molecular weight is 388 g/mol. The molecule has 4 heterocycles. The van der Waals surface area contributed by atoms with Gasteiger partial charge in [0, 0.05) is 11.6 Å². The van der Waals surface area contributed by atoms with E-state index in [-0.39, 0.29) is 35.8 Å². The van der Waals surface area contributed by atoms with Gasteiger partial charge in [-0.3, -0.25) is 4.79 Å². The summed E-state index contributed by atoms with van der Waals surface area (Å²) in [5, 5.41) is 20.9. The van der Waals surface area contributed by atoms with Crippen molar-refractivity contribution in [2.24, 2.45) is 0 Å². The van der Waals surface area contributed by atoms with Gasteiger partial charge >= 0.3 is 0 Å². The molecule has 4 aromatic heterocycles. The normalized spacial score (nSPS) is 11.2. The van der Waals surface area contributed by atoms with E-state index in [0.717, 1.165) is 5.39 Å². The Morgan fingerprint density at radius 3 is 2.79 bits per heavy atom. The maximum atomic E-state index is 12.2. The summed E-state index contributed by atoms with van der Waals surface area (Å²) in [6, 6.07) is 12.3. The Morgan fingerprint density at radius 2 is 1.93 bits per heavy atom. The van der Waals surface area contributed by atoms with Crippen LogP contribution >= 0.6 is 0 Å². The SMILES string of the molecule is O=c1nccccc1Nc1nc2ccccc2c2nc(-c3nc(CO)no3)nn12. The number of rotatable bonds is 4. The molecule has 1 aromatic carbocycles. The lowest BCUT2D eigenvalue weighted by Crippen LogP contribution is -2.11. The molecule has 0 fully saturated rings. The largest absolute Gasteiger partial charge is 0.388 e. The molecule has 0 aliphatic rings. The van der Waals surface area contributed by atoms with Crippen LogP contribution < -0.4 is 10.9 Å². The summed E-state index contributed by atoms with van der Waals surface area (Å²) in [4.78, 5) is 29.1. The van der Waals surface area contributed by atoms with Crippen LogP contribution in [0.4, 0.5) is 11.6 Å². The molecular formula is C18H12N8O3. The minimum Gasteiger partial charge on any atom is -0.388 e. The molecule has 5 rings (SSSR count). The van der Waals surface area contributed by atoms with E-state index in [9.17, 15) is 4.79 Å². The highest BCUT2D eigenvalue weighted by Crippen LogP contribution is 2.24. The molecule has 29 heavy (non-hydrogen) atoms. The Kier molecular flexibility index (Phi) is 3.92. The minimum absolute atomic E-state index is 0.0603. The van der Waals surface area contributed by atoms with Crippen LogP contribution in [0.15, 0.2) is 58.0 Å². The Hall–Kier alpha value is -4.25. The maximum Gasteiger partial charge on any atom is 0.297 e. The lowest BCUT2D eigenvalue weighted by molar-refractivity contribution is 0.264. The molecule has 0 radical (unpaired) electrons. The summed E-state index contributed by atoms with van der Waals surface area (Å²) in [6.07, 6.45) is 1.42. The van der Waals surface area contributed by atoms with Gasteiger partial charge in [0.15, 0.2) is 11.5 Å². The summed E-state index contributed by atoms with van der Waals surface area (Å²) in [5.41, 5.74) is 0.931. The van der Waals surface area contributed by atoms with Crippen molar-refractivity contribution in [2.75, 3.05) is 5.32 Å². The standard InChI is InChI=1S/C18H12N8O3/c27-9-13-22-17(29-25-13)14-23-15-10-5-1-2-6-11(10)20-18(26(15)24-14)21-12-7-3-4-8-19-16(12)28/h1-8,27H,9H2,(H,19,20,21,28). The number of hydrogen-bond donors (Lipinski definition) is 2. The van der Waals surface area contributed by atoms with Crippen LogP contribution in [0.3, 0.4) is 0 Å². The second-order valence-corrected chi connectivity index (χ2v) is 5.97. The first-order valence-corrected chi connectivity index (χ1v) is 8.54. The lowest BCUT2D eigenvalue weighted by Gasteiger charge is -2.07. The summed E-state index contributed by atoms with van der Waals surface area (Å²) < 4.78 is 6.56. The molecule has 0 spiro atoms. The Bertz CT molecular complexity index is 1410. The molecule has 0 amide bonds. The first kappa shape index (κ1) is 16.9. The van der Waals surface area contributed by atoms with E-state index in [1.807, 2.05) is 24.3 Å². The maximum absolute atomic E-state index is 12.2. The van der Waals surface area contributed by atoms with Crippen LogP contribution in [0.1, 0.15) is 5.82 Å². The first-order chi connectivity index (χ1) is 14.2. The number of aromatic nitrogens is 7. The summed E-state index contributed by atoms with van der Waals surface area (Å²) in [7, 11) is 0. The van der Waals surface area contributed by atoms with Crippen molar-refractivity contribution < 1.29 is 9.63 Å². The van der Waals surface area contributed by atoms with E-state index in [0.29, 0.717) is 11.2 Å². The van der Waals surface area contributed by atoms with Gasteiger partial charge in [-0.1, -0.05) is 23.4 Å². The molecule has 0 saturated carbocycles. The average Bonchev–Trinajstić information content (AvgIpc) is 3.35. The smallest absolute Gasteiger partial charge is 0.297 e. The summed E-state index contributed by atoms with van der Waals surface area (Å²) >= 11 is 0. The fourth-order valence-electron chi connectivity index (χ4n) is 2.80. The van der Waals surface area contributed by atoms with Crippen LogP contribution in [0.25, 0.3) is 28.3 Å². The van der Waals surface area contributed by atoms with Crippen LogP contribution in [-0.2, 0) is 6.61 Å². The number of nitrogens with one attached hydrogen (secondary N) is 1. The molecule has 0 saturated heterocycles. The molecule has 0 atom stereocenters. The highest BCUT2D eigenvalue weighted by atomic mass is 16.5. The van der Waals surface area contributed by atoms with Gasteiger partial charge < -0.3 is 14.9 Å². The number of anilines is 2. The topological polar surface area (TPSA) is 144 Å². The third-order valence-electron chi connectivity index (χ3n) is 4.11. The molecule has 11 heteroatoms. The van der Waals surface area contributed by atoms with Crippen molar-refractivity contribution in [3.8, 4) is 11.7 Å². The van der Waals surface area contributed by atoms with E-state index >= 15 is 0 Å². The van der Waals surface area contributed by atoms with E-state index in [1.165, 1.54) is 10.7 Å². The van der Waals surface area contributed by atoms with Gasteiger partial charge in [-0.2, -0.15) is 9.50 Å². The second kappa shape index (κ2) is 6.73. The molecular weight excluding hydrogens is 376 g/mol. The van der Waals surface area contributed by atoms with Crippen molar-refractivity contribution in [1.82, 2.24) is 34.7 Å². The summed E-state index contributed by atoms with van der Waals surface area (Å²) in [5.74, 6) is 0.617. The van der Waals surface area contributed by atoms with Crippen molar-refractivity contribution in [3.05, 3.63) is 64.8 Å². The molecule has 5 aromatic rings. The number of para-hydroxylation sites is 1.